The van der Waals surface area contributed by atoms with E-state index >= 15 is 0 Å². The number of pyridine rings is 1. The number of ether oxygens (including phenoxy) is 1. The van der Waals surface area contributed by atoms with E-state index in [9.17, 15) is 18.3 Å². The Morgan fingerprint density at radius 2 is 1.76 bits per heavy atom. The van der Waals surface area contributed by atoms with E-state index in [0.717, 1.165) is 42.7 Å². The molecule has 0 saturated carbocycles. The molecule has 2 aliphatic rings. The van der Waals surface area contributed by atoms with Crippen molar-refractivity contribution in [1.82, 2.24) is 19.5 Å². The van der Waals surface area contributed by atoms with E-state index in [4.69, 9.17) is 4.74 Å². The van der Waals surface area contributed by atoms with E-state index in [0.29, 0.717) is 24.4 Å². The second kappa shape index (κ2) is 11.9. The number of nitrogens with one attached hydrogen (secondary N) is 1. The van der Waals surface area contributed by atoms with Gasteiger partial charge in [-0.3, -0.25) is 14.7 Å². The average molecular weight is 579 g/mol. The number of carbonyl (C=O) groups excluding carboxylic acids is 1. The highest BCUT2D eigenvalue weighted by atomic mass is 32.2. The Balaban J connectivity index is 1.30. The highest BCUT2D eigenvalue weighted by molar-refractivity contribution is 7.89. The minimum atomic E-state index is -3.94. The van der Waals surface area contributed by atoms with Crippen LogP contribution in [0.3, 0.4) is 0 Å². The Bertz CT molecular complexity index is 1470. The van der Waals surface area contributed by atoms with Crippen LogP contribution in [0.1, 0.15) is 49.1 Å². The third kappa shape index (κ3) is 6.62. The van der Waals surface area contributed by atoms with E-state index in [2.05, 4.69) is 20.7 Å². The lowest BCUT2D eigenvalue weighted by atomic mass is 9.86. The van der Waals surface area contributed by atoms with Gasteiger partial charge in [0.05, 0.1) is 17.4 Å². The summed E-state index contributed by atoms with van der Waals surface area (Å²) in [6.45, 7) is 9.10. The Kier molecular flexibility index (Phi) is 8.47. The third-order valence-electron chi connectivity index (χ3n) is 7.94. The quantitative estimate of drug-likeness (QED) is 0.423. The first-order valence-corrected chi connectivity index (χ1v) is 15.5. The summed E-state index contributed by atoms with van der Waals surface area (Å²) in [5.41, 5.74) is 2.40. The predicted molar refractivity (Wildman–Crippen MR) is 156 cm³/mol. The van der Waals surface area contributed by atoms with Crippen LogP contribution in [-0.4, -0.2) is 72.1 Å². The summed E-state index contributed by atoms with van der Waals surface area (Å²) in [7, 11) is -3.94. The number of aromatic nitrogens is 1. The van der Waals surface area contributed by atoms with Gasteiger partial charge in [-0.15, -0.1) is 0 Å². The predicted octanol–water partition coefficient (Wildman–Crippen LogP) is 3.08. The fourth-order valence-corrected chi connectivity index (χ4v) is 6.64. The Hall–Kier alpha value is -3.31. The molecule has 5 rings (SSSR count). The monoisotopic (exact) mass is 578 g/mol. The molecule has 2 atom stereocenters. The number of fused-ring (bicyclic) bond motifs is 1. The number of hydrogen-bond donors (Lipinski definition) is 2. The van der Waals surface area contributed by atoms with Gasteiger partial charge in [0.2, 0.25) is 15.9 Å². The van der Waals surface area contributed by atoms with Gasteiger partial charge in [-0.1, -0.05) is 31.2 Å². The number of aliphatic hydroxyl groups is 1. The number of sulfonamides is 1. The van der Waals surface area contributed by atoms with Crippen molar-refractivity contribution in [1.29, 1.82) is 0 Å². The van der Waals surface area contributed by atoms with E-state index in [1.165, 1.54) is 0 Å². The number of aliphatic hydroxyl groups excluding tert-OH is 1. The first kappa shape index (κ1) is 29.2. The maximum atomic E-state index is 13.3. The molecular formula is C31H38N4O5S. The Morgan fingerprint density at radius 1 is 1.05 bits per heavy atom. The topological polar surface area (TPSA) is 112 Å². The summed E-state index contributed by atoms with van der Waals surface area (Å²) in [6.07, 6.45) is 3.45. The van der Waals surface area contributed by atoms with Crippen LogP contribution in [0.4, 0.5) is 0 Å². The molecule has 0 spiro atoms. The zero-order valence-electron chi connectivity index (χ0n) is 23.8. The SMILES string of the molecule is CCc1ccc(S(=O)(=O)NC2c3cc(CC(=O)N4CCN(Cc5cccnc5)CC4)ccc3OC(C)(C)C2O)cc1. The second-order valence-electron chi connectivity index (χ2n) is 11.3. The molecule has 0 bridgehead atoms. The van der Waals surface area contributed by atoms with Gasteiger partial charge in [-0.25, -0.2) is 13.1 Å². The molecule has 9 nitrogen and oxygen atoms in total. The van der Waals surface area contributed by atoms with Gasteiger partial charge < -0.3 is 14.7 Å². The van der Waals surface area contributed by atoms with Crippen LogP contribution in [0.2, 0.25) is 0 Å². The van der Waals surface area contributed by atoms with Crippen molar-refractivity contribution in [2.24, 2.45) is 0 Å². The second-order valence-corrected chi connectivity index (χ2v) is 13.0. The van der Waals surface area contributed by atoms with Gasteiger partial charge in [-0.2, -0.15) is 0 Å². The minimum absolute atomic E-state index is 0.0109. The molecule has 1 saturated heterocycles. The third-order valence-corrected chi connectivity index (χ3v) is 9.40. The number of piperazine rings is 1. The van der Waals surface area contributed by atoms with Crippen LogP contribution in [0, 0.1) is 0 Å². The lowest BCUT2D eigenvalue weighted by Crippen LogP contribution is -2.53. The number of amides is 1. The van der Waals surface area contributed by atoms with E-state index in [1.807, 2.05) is 30.2 Å². The van der Waals surface area contributed by atoms with Gasteiger partial charge in [0, 0.05) is 50.7 Å². The summed E-state index contributed by atoms with van der Waals surface area (Å²) in [4.78, 5) is 21.7. The average Bonchev–Trinajstić information content (AvgIpc) is 2.96. The number of nitrogens with zero attached hydrogens (tertiary/aromatic N) is 3. The van der Waals surface area contributed by atoms with Gasteiger partial charge in [0.1, 0.15) is 17.5 Å². The number of aryl methyl sites for hydroxylation is 1. The highest BCUT2D eigenvalue weighted by Crippen LogP contribution is 2.41. The summed E-state index contributed by atoms with van der Waals surface area (Å²) in [5, 5.41) is 11.2. The smallest absolute Gasteiger partial charge is 0.241 e. The molecule has 1 amide bonds. The summed E-state index contributed by atoms with van der Waals surface area (Å²) in [5.74, 6) is 0.492. The molecule has 2 N–H and O–H groups in total. The molecule has 1 aromatic heterocycles. The molecule has 2 unspecified atom stereocenters. The van der Waals surface area contributed by atoms with Crippen molar-refractivity contribution in [3.63, 3.8) is 0 Å². The Labute approximate surface area is 242 Å². The maximum absolute atomic E-state index is 13.3. The zero-order valence-corrected chi connectivity index (χ0v) is 24.6. The molecule has 3 aromatic rings. The van der Waals surface area contributed by atoms with E-state index in [1.54, 1.807) is 56.4 Å². The first-order chi connectivity index (χ1) is 19.6. The largest absolute Gasteiger partial charge is 0.485 e. The summed E-state index contributed by atoms with van der Waals surface area (Å²) >= 11 is 0. The molecule has 41 heavy (non-hydrogen) atoms. The first-order valence-electron chi connectivity index (χ1n) is 14.1. The van der Waals surface area contributed by atoms with Crippen molar-refractivity contribution >= 4 is 15.9 Å². The maximum Gasteiger partial charge on any atom is 0.241 e. The van der Waals surface area contributed by atoms with Crippen LogP contribution in [-0.2, 0) is 34.2 Å². The lowest BCUT2D eigenvalue weighted by Gasteiger charge is -2.42. The van der Waals surface area contributed by atoms with Crippen LogP contribution in [0.25, 0.3) is 0 Å². The van der Waals surface area contributed by atoms with Crippen LogP contribution in [0.15, 0.2) is 71.9 Å². The van der Waals surface area contributed by atoms with Crippen molar-refractivity contribution in [3.8, 4) is 5.75 Å². The van der Waals surface area contributed by atoms with Crippen molar-refractivity contribution in [2.75, 3.05) is 26.2 Å². The van der Waals surface area contributed by atoms with E-state index in [-0.39, 0.29) is 17.2 Å². The van der Waals surface area contributed by atoms with Crippen molar-refractivity contribution in [3.05, 3.63) is 89.2 Å². The van der Waals surface area contributed by atoms with Crippen molar-refractivity contribution in [2.45, 2.75) is 62.8 Å². The fourth-order valence-electron chi connectivity index (χ4n) is 5.42. The number of benzene rings is 2. The van der Waals surface area contributed by atoms with Gasteiger partial charge in [-0.05, 0) is 67.3 Å². The number of hydrogen-bond acceptors (Lipinski definition) is 7. The van der Waals surface area contributed by atoms with Gasteiger partial charge in [0.25, 0.3) is 0 Å². The number of rotatable bonds is 8. The molecule has 2 aliphatic heterocycles. The summed E-state index contributed by atoms with van der Waals surface area (Å²) in [6, 6.07) is 15.1. The zero-order chi connectivity index (χ0) is 29.2. The van der Waals surface area contributed by atoms with Crippen molar-refractivity contribution < 1.29 is 23.1 Å². The molecule has 2 aromatic carbocycles. The molecule has 10 heteroatoms. The summed E-state index contributed by atoms with van der Waals surface area (Å²) < 4.78 is 35.5. The molecule has 1 fully saturated rings. The Morgan fingerprint density at radius 3 is 2.41 bits per heavy atom. The normalized spacial score (nSPS) is 20.7. The fraction of sp³-hybridized carbons (Fsp3) is 0.419. The number of carbonyl (C=O) groups is 1. The lowest BCUT2D eigenvalue weighted by molar-refractivity contribution is -0.132. The molecular weight excluding hydrogens is 540 g/mol. The molecule has 3 heterocycles. The minimum Gasteiger partial charge on any atom is -0.485 e. The van der Waals surface area contributed by atoms with Gasteiger partial charge in [0.15, 0.2) is 0 Å². The standard InChI is InChI=1S/C31H38N4O5S/c1-4-22-7-10-25(11-8-22)41(38,39)33-29-26-18-23(9-12-27(26)40-31(2,3)30(29)37)19-28(36)35-16-14-34(15-17-35)21-24-6-5-13-32-20-24/h5-13,18,20,29-30,33,37H,4,14-17,19,21H2,1-3H3. The van der Waals surface area contributed by atoms with Crippen LogP contribution in [0.5, 0.6) is 5.75 Å². The van der Waals surface area contributed by atoms with Gasteiger partial charge >= 0.3 is 0 Å². The molecule has 0 radical (unpaired) electrons. The molecule has 218 valence electrons. The van der Waals surface area contributed by atoms with Crippen LogP contribution < -0.4 is 9.46 Å². The van der Waals surface area contributed by atoms with E-state index < -0.39 is 27.8 Å². The van der Waals surface area contributed by atoms with Crippen LogP contribution >= 0.6 is 0 Å². The highest BCUT2D eigenvalue weighted by Gasteiger charge is 2.44. The molecule has 0 aliphatic carbocycles.